The van der Waals surface area contributed by atoms with Gasteiger partial charge in [0.05, 0.1) is 11.7 Å². The lowest BCUT2D eigenvalue weighted by Gasteiger charge is -2.35. The number of aromatic nitrogens is 2. The van der Waals surface area contributed by atoms with Gasteiger partial charge in [-0.2, -0.15) is 0 Å². The van der Waals surface area contributed by atoms with Gasteiger partial charge < -0.3 is 9.64 Å². The van der Waals surface area contributed by atoms with Gasteiger partial charge in [0.15, 0.2) is 11.6 Å². The van der Waals surface area contributed by atoms with Crippen LogP contribution in [0.4, 0.5) is 22.1 Å². The number of Topliss-reactive ketones (excluding diaryl/α,β-unsaturated/α-hetero) is 1. The molecule has 2 fully saturated rings. The van der Waals surface area contributed by atoms with Gasteiger partial charge in [0.1, 0.15) is 11.5 Å². The van der Waals surface area contributed by atoms with Gasteiger partial charge in [-0.05, 0) is 49.4 Å². The number of urea groups is 1. The number of nitrogens with zero attached hydrogens (tertiary/aromatic N) is 4. The molecule has 8 heteroatoms. The Balaban J connectivity index is 1.41. The highest BCUT2D eigenvalue weighted by atomic mass is 16.5. The number of anilines is 3. The van der Waals surface area contributed by atoms with Gasteiger partial charge in [-0.15, -0.1) is 0 Å². The van der Waals surface area contributed by atoms with Crippen LogP contribution in [0.2, 0.25) is 0 Å². The van der Waals surface area contributed by atoms with E-state index in [1.807, 2.05) is 12.1 Å². The second-order valence-corrected chi connectivity index (χ2v) is 8.13. The van der Waals surface area contributed by atoms with Crippen LogP contribution in [0.3, 0.4) is 0 Å². The van der Waals surface area contributed by atoms with Gasteiger partial charge in [0, 0.05) is 38.9 Å². The summed E-state index contributed by atoms with van der Waals surface area (Å²) in [5, 5.41) is 2.87. The molecule has 0 aliphatic carbocycles. The molecular formula is C22H25N5O3. The number of pyridine rings is 2. The zero-order valence-corrected chi connectivity index (χ0v) is 16.8. The van der Waals surface area contributed by atoms with Crippen LogP contribution in [0, 0.1) is 5.92 Å². The zero-order valence-electron chi connectivity index (χ0n) is 16.8. The van der Waals surface area contributed by atoms with E-state index in [1.54, 1.807) is 29.3 Å². The average Bonchev–Trinajstić information content (AvgIpc) is 3.19. The summed E-state index contributed by atoms with van der Waals surface area (Å²) in [6.07, 6.45) is 4.80. The lowest BCUT2D eigenvalue weighted by molar-refractivity contribution is 0.0599. The van der Waals surface area contributed by atoms with Crippen molar-refractivity contribution in [3.63, 3.8) is 0 Å². The van der Waals surface area contributed by atoms with Gasteiger partial charge in [-0.1, -0.05) is 6.07 Å². The minimum atomic E-state index is -0.261. The molecule has 3 aliphatic heterocycles. The number of hydrogen-bond acceptors (Lipinski definition) is 6. The van der Waals surface area contributed by atoms with Crippen molar-refractivity contribution in [1.82, 2.24) is 9.97 Å². The van der Waals surface area contributed by atoms with Crippen molar-refractivity contribution in [2.45, 2.75) is 31.7 Å². The Morgan fingerprint density at radius 2 is 2.00 bits per heavy atom. The summed E-state index contributed by atoms with van der Waals surface area (Å²) < 4.78 is 5.39. The van der Waals surface area contributed by atoms with Crippen LogP contribution in [0.25, 0.3) is 0 Å². The molecule has 3 aliphatic rings. The van der Waals surface area contributed by atoms with E-state index in [0.29, 0.717) is 42.9 Å². The van der Waals surface area contributed by atoms with Crippen LogP contribution in [-0.2, 0) is 4.74 Å². The molecule has 0 spiro atoms. The monoisotopic (exact) mass is 407 g/mol. The molecule has 2 aromatic rings. The van der Waals surface area contributed by atoms with E-state index >= 15 is 0 Å². The smallest absolute Gasteiger partial charge is 0.329 e. The third kappa shape index (κ3) is 3.63. The van der Waals surface area contributed by atoms with E-state index in [-0.39, 0.29) is 17.9 Å². The van der Waals surface area contributed by atoms with E-state index in [1.165, 1.54) is 0 Å². The van der Waals surface area contributed by atoms with Gasteiger partial charge in [-0.3, -0.25) is 15.0 Å². The molecule has 2 saturated heterocycles. The van der Waals surface area contributed by atoms with Gasteiger partial charge >= 0.3 is 6.03 Å². The maximum atomic E-state index is 13.1. The predicted octanol–water partition coefficient (Wildman–Crippen LogP) is 3.11. The van der Waals surface area contributed by atoms with Crippen molar-refractivity contribution >= 4 is 29.1 Å². The van der Waals surface area contributed by atoms with Crippen molar-refractivity contribution in [2.24, 2.45) is 5.92 Å². The number of fused-ring (bicyclic) bond motifs is 4. The van der Waals surface area contributed by atoms with E-state index in [9.17, 15) is 9.59 Å². The number of ether oxygens (including phenoxy) is 1. The van der Waals surface area contributed by atoms with Crippen LogP contribution in [0.15, 0.2) is 36.5 Å². The fourth-order valence-corrected chi connectivity index (χ4v) is 4.55. The summed E-state index contributed by atoms with van der Waals surface area (Å²) in [5.74, 6) is 1.43. The summed E-state index contributed by atoms with van der Waals surface area (Å²) in [6.45, 7) is 3.09. The molecule has 30 heavy (non-hydrogen) atoms. The van der Waals surface area contributed by atoms with Gasteiger partial charge in [0.2, 0.25) is 0 Å². The van der Waals surface area contributed by atoms with Gasteiger partial charge in [0.25, 0.3) is 0 Å². The molecule has 0 saturated carbocycles. The highest BCUT2D eigenvalue weighted by Gasteiger charge is 2.40. The Hall–Kier alpha value is -3.00. The van der Waals surface area contributed by atoms with Crippen LogP contribution in [-0.4, -0.2) is 54.1 Å². The first-order valence-corrected chi connectivity index (χ1v) is 10.6. The number of amides is 2. The lowest BCUT2D eigenvalue weighted by Crippen LogP contribution is -2.48. The quantitative estimate of drug-likeness (QED) is 0.784. The SMILES string of the molecule is O=C(CC1CCOCC1)c1ccc2c(n1)N(C(=O)Nc1ccccn1)[C@H]1CCN2C1. The van der Waals surface area contributed by atoms with Crippen molar-refractivity contribution in [2.75, 3.05) is 41.4 Å². The number of carbonyl (C=O) groups excluding carboxylic acids is 2. The van der Waals surface area contributed by atoms with Gasteiger partial charge in [-0.25, -0.2) is 14.8 Å². The molecule has 8 nitrogen and oxygen atoms in total. The number of carbonyl (C=O) groups is 2. The van der Waals surface area contributed by atoms with Crippen LogP contribution < -0.4 is 15.1 Å². The maximum absolute atomic E-state index is 13.1. The Bertz CT molecular complexity index is 945. The fraction of sp³-hybridized carbons (Fsp3) is 0.455. The molecule has 2 bridgehead atoms. The summed E-state index contributed by atoms with van der Waals surface area (Å²) in [7, 11) is 0. The molecule has 0 aromatic carbocycles. The topological polar surface area (TPSA) is 87.7 Å². The van der Waals surface area contributed by atoms with Crippen LogP contribution >= 0.6 is 0 Å². The molecule has 5 heterocycles. The maximum Gasteiger partial charge on any atom is 0.329 e. The highest BCUT2D eigenvalue weighted by molar-refractivity contribution is 6.05. The highest BCUT2D eigenvalue weighted by Crippen LogP contribution is 2.39. The molecule has 0 radical (unpaired) electrons. The number of nitrogens with one attached hydrogen (secondary N) is 1. The normalized spacial score (nSPS) is 20.7. The summed E-state index contributed by atoms with van der Waals surface area (Å²) in [4.78, 5) is 38.9. The van der Waals surface area contributed by atoms with Crippen LogP contribution in [0.1, 0.15) is 36.2 Å². The molecule has 2 amide bonds. The second kappa shape index (κ2) is 8.02. The molecule has 0 unspecified atom stereocenters. The molecule has 1 N–H and O–H groups in total. The Morgan fingerprint density at radius 1 is 1.13 bits per heavy atom. The molecular weight excluding hydrogens is 382 g/mol. The largest absolute Gasteiger partial charge is 0.381 e. The first kappa shape index (κ1) is 19.0. The van der Waals surface area contributed by atoms with E-state index in [0.717, 1.165) is 38.0 Å². The zero-order chi connectivity index (χ0) is 20.5. The minimum absolute atomic E-state index is 0.0303. The average molecular weight is 407 g/mol. The van der Waals surface area contributed by atoms with E-state index in [2.05, 4.69) is 20.2 Å². The summed E-state index contributed by atoms with van der Waals surface area (Å²) >= 11 is 0. The number of ketones is 1. The van der Waals surface area contributed by atoms with Crippen molar-refractivity contribution < 1.29 is 14.3 Å². The second-order valence-electron chi connectivity index (χ2n) is 8.13. The fourth-order valence-electron chi connectivity index (χ4n) is 4.55. The number of rotatable bonds is 4. The van der Waals surface area contributed by atoms with E-state index < -0.39 is 0 Å². The Kier molecular flexibility index (Phi) is 5.08. The standard InChI is InChI=1S/C22H25N5O3/c28-19(13-15-7-11-30-12-8-15)17-4-5-18-21(24-17)27(16-6-10-26(18)14-16)22(29)25-20-3-1-2-9-23-20/h1-5,9,15-16H,6-8,10-14H2,(H,23,25,29)/t16-/m0/s1. The summed E-state index contributed by atoms with van der Waals surface area (Å²) in [5.41, 5.74) is 1.33. The predicted molar refractivity (Wildman–Crippen MR) is 113 cm³/mol. The first-order chi connectivity index (χ1) is 14.7. The molecule has 2 aromatic heterocycles. The third-order valence-corrected chi connectivity index (χ3v) is 6.17. The third-order valence-electron chi connectivity index (χ3n) is 6.17. The van der Waals surface area contributed by atoms with Crippen molar-refractivity contribution in [1.29, 1.82) is 0 Å². The Labute approximate surface area is 175 Å². The first-order valence-electron chi connectivity index (χ1n) is 10.6. The lowest BCUT2D eigenvalue weighted by atomic mass is 9.93. The molecule has 1 atom stereocenters. The summed E-state index contributed by atoms with van der Waals surface area (Å²) in [6, 6.07) is 8.90. The van der Waals surface area contributed by atoms with Crippen LogP contribution in [0.5, 0.6) is 0 Å². The number of hydrogen-bond donors (Lipinski definition) is 1. The van der Waals surface area contributed by atoms with E-state index in [4.69, 9.17) is 4.74 Å². The molecule has 5 rings (SSSR count). The van der Waals surface area contributed by atoms with Crippen molar-refractivity contribution in [3.05, 3.63) is 42.2 Å². The minimum Gasteiger partial charge on any atom is -0.381 e. The molecule has 156 valence electrons. The Morgan fingerprint density at radius 3 is 2.80 bits per heavy atom. The van der Waals surface area contributed by atoms with Crippen molar-refractivity contribution in [3.8, 4) is 0 Å².